The minimum atomic E-state index is -1.78. The molecule has 0 saturated carbocycles. The zero-order valence-corrected chi connectivity index (χ0v) is 10.3. The Labute approximate surface area is 116 Å². The third-order valence-corrected chi connectivity index (χ3v) is 2.91. The molecule has 1 saturated heterocycles. The van der Waals surface area contributed by atoms with Crippen molar-refractivity contribution < 1.29 is 40.3 Å². The summed E-state index contributed by atoms with van der Waals surface area (Å²) in [4.78, 5) is 23.0. The predicted octanol–water partition coefficient (Wildman–Crippen LogP) is -2.32. The summed E-state index contributed by atoms with van der Waals surface area (Å²) in [5.41, 5.74) is 4.50. The van der Waals surface area contributed by atoms with Crippen LogP contribution >= 0.6 is 0 Å². The minimum absolute atomic E-state index is 0.0329. The Morgan fingerprint density at radius 2 is 2.10 bits per heavy atom. The van der Waals surface area contributed by atoms with Gasteiger partial charge in [-0.3, -0.25) is 4.57 Å². The predicted molar refractivity (Wildman–Crippen MR) is 61.1 cm³/mol. The van der Waals surface area contributed by atoms with Gasteiger partial charge in [0.05, 0.1) is 0 Å². The molecule has 0 spiro atoms. The van der Waals surface area contributed by atoms with Gasteiger partial charge in [0.1, 0.15) is 24.1 Å². The molecule has 1 aliphatic rings. The Morgan fingerprint density at radius 3 is 2.67 bits per heavy atom. The molecule has 1 aliphatic heterocycles. The van der Waals surface area contributed by atoms with Crippen LogP contribution in [0.2, 0.25) is 0 Å². The lowest BCUT2D eigenvalue weighted by molar-refractivity contribution is -0.563. The molecule has 0 amide bonds. The Hall–Kier alpha value is -1.64. The first-order valence-corrected chi connectivity index (χ1v) is 5.63. The summed E-state index contributed by atoms with van der Waals surface area (Å²) in [6, 6.07) is 1.28. The normalized spacial score (nSPS) is 30.5. The van der Waals surface area contributed by atoms with E-state index in [1.165, 1.54) is 12.3 Å². The van der Waals surface area contributed by atoms with Gasteiger partial charge in [-0.05, 0) is 6.07 Å². The maximum atomic E-state index is 11.7. The van der Waals surface area contributed by atoms with E-state index in [0.717, 1.165) is 4.57 Å². The second kappa shape index (κ2) is 6.42. The fraction of sp³-hybridized carbons (Fsp3) is 0.556. The fourth-order valence-corrected chi connectivity index (χ4v) is 1.93. The van der Waals surface area contributed by atoms with E-state index in [1.807, 2.05) is 0 Å². The van der Waals surface area contributed by atoms with Crippen LogP contribution in [0.1, 0.15) is 6.23 Å². The van der Waals surface area contributed by atoms with Crippen LogP contribution in [0.3, 0.4) is 0 Å². The second-order valence-electron chi connectivity index (χ2n) is 4.16. The van der Waals surface area contributed by atoms with Gasteiger partial charge in [0.15, 0.2) is 6.23 Å². The van der Waals surface area contributed by atoms with Crippen molar-refractivity contribution in [3.8, 4) is 0 Å². The number of aliphatic hydroxyl groups is 2. The molecule has 12 nitrogen and oxygen atoms in total. The zero-order chi connectivity index (χ0) is 15.6. The number of aromatic nitrogens is 2. The molecule has 6 N–H and O–H groups in total. The highest BCUT2D eigenvalue weighted by atomic mass is 17.5. The van der Waals surface area contributed by atoms with E-state index in [9.17, 15) is 15.0 Å². The summed E-state index contributed by atoms with van der Waals surface area (Å²) in [6.45, 7) is 0. The third kappa shape index (κ3) is 3.02. The summed E-state index contributed by atoms with van der Waals surface area (Å²) in [5.74, 6) is -0.0329. The lowest BCUT2D eigenvalue weighted by Crippen LogP contribution is -2.41. The summed E-state index contributed by atoms with van der Waals surface area (Å²) in [6.07, 6.45) is -6.57. The quantitative estimate of drug-likeness (QED) is 0.224. The number of hydrogen-bond acceptors (Lipinski definition) is 11. The van der Waals surface area contributed by atoms with Gasteiger partial charge in [-0.25, -0.2) is 20.2 Å². The van der Waals surface area contributed by atoms with Crippen molar-refractivity contribution in [2.24, 2.45) is 0 Å². The zero-order valence-electron chi connectivity index (χ0n) is 10.3. The van der Waals surface area contributed by atoms with Crippen LogP contribution in [0, 0.1) is 0 Å². The van der Waals surface area contributed by atoms with Crippen LogP contribution in [0.5, 0.6) is 0 Å². The Kier molecular flexibility index (Phi) is 4.81. The number of aliphatic hydroxyl groups excluding tert-OH is 2. The van der Waals surface area contributed by atoms with Crippen molar-refractivity contribution >= 4 is 5.82 Å². The summed E-state index contributed by atoms with van der Waals surface area (Å²) < 4.78 is 6.05. The number of hydrogen-bond donors (Lipinski definition) is 5. The van der Waals surface area contributed by atoms with Gasteiger partial charge in [0.25, 0.3) is 6.29 Å². The van der Waals surface area contributed by atoms with E-state index in [4.69, 9.17) is 21.0 Å². The maximum absolute atomic E-state index is 11.7. The minimum Gasteiger partial charge on any atom is -0.387 e. The second-order valence-corrected chi connectivity index (χ2v) is 4.16. The lowest BCUT2D eigenvalue weighted by Gasteiger charge is -2.20. The number of nitrogens with zero attached hydrogens (tertiary/aromatic N) is 2. The monoisotopic (exact) mass is 307 g/mol. The van der Waals surface area contributed by atoms with Gasteiger partial charge in [-0.1, -0.05) is 5.04 Å². The van der Waals surface area contributed by atoms with Gasteiger partial charge in [0, 0.05) is 6.20 Å². The molecule has 1 fully saturated rings. The number of ether oxygens (including phenoxy) is 1. The van der Waals surface area contributed by atoms with Crippen LogP contribution < -0.4 is 11.4 Å². The first-order chi connectivity index (χ1) is 9.99. The first kappa shape index (κ1) is 15.7. The van der Waals surface area contributed by atoms with Gasteiger partial charge >= 0.3 is 5.69 Å². The smallest absolute Gasteiger partial charge is 0.351 e. The number of rotatable bonds is 5. The molecule has 0 radical (unpaired) electrons. The van der Waals surface area contributed by atoms with Crippen molar-refractivity contribution in [1.29, 1.82) is 0 Å². The molecule has 2 heterocycles. The van der Waals surface area contributed by atoms with E-state index < -0.39 is 36.5 Å². The molecule has 2 rings (SSSR count). The summed E-state index contributed by atoms with van der Waals surface area (Å²) in [7, 11) is 0. The molecular formula is C9H13N3O9. The first-order valence-electron chi connectivity index (χ1n) is 5.63. The van der Waals surface area contributed by atoms with Gasteiger partial charge in [-0.15, -0.1) is 0 Å². The molecular weight excluding hydrogens is 294 g/mol. The number of nitrogens with two attached hydrogens (primary N) is 1. The van der Waals surface area contributed by atoms with Crippen LogP contribution in [-0.4, -0.2) is 54.9 Å². The largest absolute Gasteiger partial charge is 0.387 e. The molecule has 12 heteroatoms. The molecule has 5 atom stereocenters. The highest BCUT2D eigenvalue weighted by molar-refractivity contribution is 5.23. The molecule has 0 bridgehead atoms. The highest BCUT2D eigenvalue weighted by Crippen LogP contribution is 2.31. The molecule has 1 unspecified atom stereocenters. The van der Waals surface area contributed by atoms with Crippen molar-refractivity contribution in [3.63, 3.8) is 0 Å². The van der Waals surface area contributed by atoms with E-state index in [0.29, 0.717) is 0 Å². The van der Waals surface area contributed by atoms with E-state index in [-0.39, 0.29) is 5.82 Å². The standard InChI is InChI=1S/C9H13N3O9/c10-3-1-2-12(9(15)11-3)7-5(14)4(13)6(18-7)8(19-16)20-21-17/h1-2,4-8,13-14,16-17H,(H2,10,11,15)/t4-,5+,6-,7+,8?/m0/s1. The molecule has 21 heavy (non-hydrogen) atoms. The molecule has 1 aromatic heterocycles. The van der Waals surface area contributed by atoms with Crippen LogP contribution in [0.4, 0.5) is 5.82 Å². The molecule has 0 aliphatic carbocycles. The van der Waals surface area contributed by atoms with Gasteiger partial charge in [0.2, 0.25) is 0 Å². The van der Waals surface area contributed by atoms with Crippen LogP contribution in [0.15, 0.2) is 17.1 Å². The van der Waals surface area contributed by atoms with Crippen molar-refractivity contribution in [1.82, 2.24) is 9.55 Å². The van der Waals surface area contributed by atoms with E-state index in [2.05, 4.69) is 19.8 Å². The average Bonchev–Trinajstić information content (AvgIpc) is 2.73. The summed E-state index contributed by atoms with van der Waals surface area (Å²) >= 11 is 0. The fourth-order valence-electron chi connectivity index (χ4n) is 1.93. The SMILES string of the molecule is Nc1ccn([C@@H]2O[C@H](C(OO)OOO)[C@@H](O)[C@H]2O)c(=O)n1. The van der Waals surface area contributed by atoms with Crippen molar-refractivity contribution in [2.75, 3.05) is 5.73 Å². The Morgan fingerprint density at radius 1 is 1.38 bits per heavy atom. The number of anilines is 1. The van der Waals surface area contributed by atoms with Gasteiger partial charge in [-0.2, -0.15) is 9.87 Å². The van der Waals surface area contributed by atoms with Gasteiger partial charge < -0.3 is 20.7 Å². The van der Waals surface area contributed by atoms with Crippen molar-refractivity contribution in [3.05, 3.63) is 22.7 Å². The topological polar surface area (TPSA) is 179 Å². The third-order valence-electron chi connectivity index (χ3n) is 2.91. The van der Waals surface area contributed by atoms with Crippen LogP contribution in [-0.2, 0) is 19.6 Å². The Bertz CT molecular complexity index is 537. The molecule has 118 valence electrons. The van der Waals surface area contributed by atoms with E-state index in [1.54, 1.807) is 0 Å². The molecule has 1 aromatic rings. The summed E-state index contributed by atoms with van der Waals surface area (Å²) in [5, 5.41) is 39.8. The van der Waals surface area contributed by atoms with Crippen molar-refractivity contribution in [2.45, 2.75) is 30.8 Å². The Balaban J connectivity index is 2.25. The lowest BCUT2D eigenvalue weighted by atomic mass is 10.1. The highest BCUT2D eigenvalue weighted by Gasteiger charge is 2.49. The maximum Gasteiger partial charge on any atom is 0.351 e. The van der Waals surface area contributed by atoms with Crippen LogP contribution in [0.25, 0.3) is 0 Å². The number of nitrogen functional groups attached to an aromatic ring is 1. The van der Waals surface area contributed by atoms with E-state index >= 15 is 0 Å². The average molecular weight is 307 g/mol. The molecule has 0 aromatic carbocycles.